The number of benzene rings is 1. The molecule has 188 valence electrons. The molecule has 1 atom stereocenters. The van der Waals surface area contributed by atoms with E-state index in [-0.39, 0.29) is 29.4 Å². The maximum absolute atomic E-state index is 14.1. The number of halogens is 2. The first kappa shape index (κ1) is 25.0. The van der Waals surface area contributed by atoms with Gasteiger partial charge in [-0.1, -0.05) is 11.2 Å². The zero-order valence-corrected chi connectivity index (χ0v) is 20.3. The molecule has 10 nitrogen and oxygen atoms in total. The highest BCUT2D eigenvalue weighted by Crippen LogP contribution is 2.31. The van der Waals surface area contributed by atoms with Gasteiger partial charge in [0, 0.05) is 37.5 Å². The molecule has 0 radical (unpaired) electrons. The minimum atomic E-state index is -3.55. The van der Waals surface area contributed by atoms with Gasteiger partial charge in [0.25, 0.3) is 5.91 Å². The van der Waals surface area contributed by atoms with Crippen molar-refractivity contribution < 1.29 is 26.5 Å². The molecule has 0 aliphatic carbocycles. The molecule has 0 saturated carbocycles. The molecule has 3 aromatic heterocycles. The monoisotopic (exact) mass is 516 g/mol. The van der Waals surface area contributed by atoms with Gasteiger partial charge in [-0.3, -0.25) is 14.2 Å². The third-order valence-corrected chi connectivity index (χ3v) is 6.07. The molecule has 0 fully saturated rings. The average Bonchev–Trinajstić information content (AvgIpc) is 3.46. The van der Waals surface area contributed by atoms with Gasteiger partial charge in [0.2, 0.25) is 10.0 Å². The van der Waals surface area contributed by atoms with Crippen molar-refractivity contribution in [2.75, 3.05) is 17.5 Å². The number of hydrogen-bond acceptors (Lipinski definition) is 7. The van der Waals surface area contributed by atoms with Gasteiger partial charge in [-0.2, -0.15) is 5.10 Å². The summed E-state index contributed by atoms with van der Waals surface area (Å²) in [6, 6.07) is 9.08. The second-order valence-electron chi connectivity index (χ2n) is 8.40. The van der Waals surface area contributed by atoms with Crippen molar-refractivity contribution in [1.29, 1.82) is 0 Å². The van der Waals surface area contributed by atoms with E-state index < -0.39 is 33.0 Å². The van der Waals surface area contributed by atoms with Crippen molar-refractivity contribution >= 4 is 21.7 Å². The Morgan fingerprint density at radius 3 is 2.64 bits per heavy atom. The predicted molar refractivity (Wildman–Crippen MR) is 127 cm³/mol. The molecule has 0 saturated heterocycles. The van der Waals surface area contributed by atoms with Crippen molar-refractivity contribution in [3.63, 3.8) is 0 Å². The number of sulfonamides is 1. The molecular formula is C23H22F2N6O4S. The van der Waals surface area contributed by atoms with E-state index in [0.717, 1.165) is 12.3 Å². The van der Waals surface area contributed by atoms with Crippen LogP contribution in [-0.2, 0) is 22.5 Å². The largest absolute Gasteiger partial charge is 0.355 e. The number of aromatic nitrogens is 4. The summed E-state index contributed by atoms with van der Waals surface area (Å²) in [5.74, 6) is -2.11. The number of carbonyl (C=O) groups excluding carboxylic acids is 1. The van der Waals surface area contributed by atoms with E-state index in [4.69, 9.17) is 4.52 Å². The second-order valence-corrected chi connectivity index (χ2v) is 10.1. The normalized spacial score (nSPS) is 13.2. The molecule has 2 N–H and O–H groups in total. The molecule has 0 aliphatic rings. The fourth-order valence-corrected chi connectivity index (χ4v) is 4.08. The molecule has 0 aliphatic heterocycles. The summed E-state index contributed by atoms with van der Waals surface area (Å²) >= 11 is 0. The minimum Gasteiger partial charge on any atom is -0.355 e. The van der Waals surface area contributed by atoms with Crippen LogP contribution < -0.4 is 10.0 Å². The van der Waals surface area contributed by atoms with Gasteiger partial charge >= 0.3 is 0 Å². The number of anilines is 1. The number of hydrogen-bond donors (Lipinski definition) is 2. The van der Waals surface area contributed by atoms with E-state index in [0.29, 0.717) is 17.3 Å². The lowest BCUT2D eigenvalue weighted by Gasteiger charge is -2.28. The van der Waals surface area contributed by atoms with Gasteiger partial charge in [0.15, 0.2) is 11.5 Å². The molecule has 0 spiro atoms. The summed E-state index contributed by atoms with van der Waals surface area (Å²) in [4.78, 5) is 17.3. The van der Waals surface area contributed by atoms with E-state index in [1.54, 1.807) is 36.3 Å². The van der Waals surface area contributed by atoms with Gasteiger partial charge in [0.1, 0.15) is 17.5 Å². The van der Waals surface area contributed by atoms with Crippen LogP contribution in [0.2, 0.25) is 0 Å². The number of rotatable bonds is 8. The van der Waals surface area contributed by atoms with Gasteiger partial charge < -0.3 is 9.84 Å². The standard InChI is InChI=1S/C23H22F2N6O4S/c1-23(14-11-27-31(2)12-14,20-5-4-6-21(28-20)30-36(3,33)34)13-26-22(32)18-10-19(35-29-18)16-8-7-15(24)9-17(16)25/h4-12H,13H2,1-3H3,(H,26,32)(H,28,30). The summed E-state index contributed by atoms with van der Waals surface area (Å²) in [6.45, 7) is 1.85. The van der Waals surface area contributed by atoms with Crippen LogP contribution in [-0.4, -0.2) is 47.0 Å². The Kier molecular flexibility index (Phi) is 6.59. The summed E-state index contributed by atoms with van der Waals surface area (Å²) in [6.07, 6.45) is 4.40. The summed E-state index contributed by atoms with van der Waals surface area (Å²) in [5.41, 5.74) is 0.113. The Balaban J connectivity index is 1.60. The average molecular weight is 517 g/mol. The lowest BCUT2D eigenvalue weighted by atomic mass is 9.80. The fourth-order valence-electron chi connectivity index (χ4n) is 3.58. The smallest absolute Gasteiger partial charge is 0.273 e. The first-order valence-electron chi connectivity index (χ1n) is 10.6. The number of nitrogens with one attached hydrogen (secondary N) is 2. The van der Waals surface area contributed by atoms with E-state index in [9.17, 15) is 22.0 Å². The van der Waals surface area contributed by atoms with Gasteiger partial charge in [-0.25, -0.2) is 22.2 Å². The molecule has 1 amide bonds. The van der Waals surface area contributed by atoms with Gasteiger partial charge in [-0.05, 0) is 31.2 Å². The van der Waals surface area contributed by atoms with Crippen molar-refractivity contribution in [3.05, 3.63) is 83.4 Å². The predicted octanol–water partition coefficient (Wildman–Crippen LogP) is 2.86. The fraction of sp³-hybridized carbons (Fsp3) is 0.217. The number of pyridine rings is 1. The van der Waals surface area contributed by atoms with Crippen molar-refractivity contribution in [3.8, 4) is 11.3 Å². The molecule has 3 heterocycles. The maximum Gasteiger partial charge on any atom is 0.273 e. The quantitative estimate of drug-likeness (QED) is 0.368. The van der Waals surface area contributed by atoms with Crippen LogP contribution in [0.4, 0.5) is 14.6 Å². The molecule has 36 heavy (non-hydrogen) atoms. The van der Waals surface area contributed by atoms with E-state index >= 15 is 0 Å². The summed E-state index contributed by atoms with van der Waals surface area (Å²) in [7, 11) is -1.81. The Hall–Kier alpha value is -4.13. The molecule has 4 rings (SSSR count). The molecule has 1 unspecified atom stereocenters. The lowest BCUT2D eigenvalue weighted by Crippen LogP contribution is -2.40. The number of carbonyl (C=O) groups is 1. The number of aryl methyl sites for hydroxylation is 1. The summed E-state index contributed by atoms with van der Waals surface area (Å²) in [5, 5.41) is 10.7. The van der Waals surface area contributed by atoms with Crippen molar-refractivity contribution in [2.45, 2.75) is 12.3 Å². The molecule has 1 aromatic carbocycles. The van der Waals surface area contributed by atoms with Crippen LogP contribution >= 0.6 is 0 Å². The molecule has 0 bridgehead atoms. The van der Waals surface area contributed by atoms with E-state index in [1.165, 1.54) is 18.2 Å². The highest BCUT2D eigenvalue weighted by molar-refractivity contribution is 7.92. The second kappa shape index (κ2) is 9.49. The lowest BCUT2D eigenvalue weighted by molar-refractivity contribution is 0.0938. The van der Waals surface area contributed by atoms with Gasteiger partial charge in [0.05, 0.1) is 29.1 Å². The zero-order valence-electron chi connectivity index (χ0n) is 19.5. The van der Waals surface area contributed by atoms with Crippen LogP contribution in [0, 0.1) is 11.6 Å². The Morgan fingerprint density at radius 1 is 1.19 bits per heavy atom. The highest BCUT2D eigenvalue weighted by atomic mass is 32.2. The Bertz CT molecular complexity index is 1530. The number of amides is 1. The third-order valence-electron chi connectivity index (χ3n) is 5.49. The Morgan fingerprint density at radius 2 is 1.97 bits per heavy atom. The summed E-state index contributed by atoms with van der Waals surface area (Å²) < 4.78 is 59.6. The van der Waals surface area contributed by atoms with Crippen LogP contribution in [0.15, 0.2) is 59.4 Å². The van der Waals surface area contributed by atoms with Gasteiger partial charge in [-0.15, -0.1) is 0 Å². The van der Waals surface area contributed by atoms with Crippen molar-refractivity contribution in [2.24, 2.45) is 7.05 Å². The maximum atomic E-state index is 14.1. The van der Waals surface area contributed by atoms with Crippen LogP contribution in [0.5, 0.6) is 0 Å². The highest BCUT2D eigenvalue weighted by Gasteiger charge is 2.33. The SMILES string of the molecule is Cn1cc(C(C)(CNC(=O)c2cc(-c3ccc(F)cc3F)on2)c2cccc(NS(C)(=O)=O)n2)cn1. The van der Waals surface area contributed by atoms with E-state index in [2.05, 4.69) is 25.3 Å². The third kappa shape index (κ3) is 5.40. The first-order chi connectivity index (χ1) is 16.9. The van der Waals surface area contributed by atoms with E-state index in [1.807, 2.05) is 6.92 Å². The Labute approximate surface area is 205 Å². The van der Waals surface area contributed by atoms with Crippen LogP contribution in [0.1, 0.15) is 28.7 Å². The molecular weight excluding hydrogens is 494 g/mol. The van der Waals surface area contributed by atoms with Crippen LogP contribution in [0.25, 0.3) is 11.3 Å². The molecule has 4 aromatic rings. The first-order valence-corrected chi connectivity index (χ1v) is 12.5. The molecule has 13 heteroatoms. The van der Waals surface area contributed by atoms with Crippen LogP contribution in [0.3, 0.4) is 0 Å². The van der Waals surface area contributed by atoms with Crippen molar-refractivity contribution in [1.82, 2.24) is 25.2 Å². The minimum absolute atomic E-state index is 0.0277. The topological polar surface area (TPSA) is 132 Å². The zero-order chi connectivity index (χ0) is 26.1. The number of nitrogens with zero attached hydrogens (tertiary/aromatic N) is 4.